The Hall–Kier alpha value is -1.77. The number of fused-ring (bicyclic) bond motifs is 3. The second-order valence-electron chi connectivity index (χ2n) is 6.96. The van der Waals surface area contributed by atoms with Crippen molar-refractivity contribution in [3.8, 4) is 0 Å². The van der Waals surface area contributed by atoms with Gasteiger partial charge in [-0.3, -0.25) is 15.0 Å². The predicted octanol–water partition coefficient (Wildman–Crippen LogP) is 4.84. The highest BCUT2D eigenvalue weighted by Crippen LogP contribution is 2.32. The van der Waals surface area contributed by atoms with Crippen molar-refractivity contribution in [2.75, 3.05) is 5.43 Å². The third kappa shape index (κ3) is 3.30. The summed E-state index contributed by atoms with van der Waals surface area (Å²) in [5, 5.41) is 2.50. The fourth-order valence-electron chi connectivity index (χ4n) is 3.59. The first kappa shape index (κ1) is 18.6. The molecule has 0 fully saturated rings. The van der Waals surface area contributed by atoms with Crippen molar-refractivity contribution in [2.45, 2.75) is 52.4 Å². The first-order valence-electron chi connectivity index (χ1n) is 9.13. The molecule has 0 bridgehead atoms. The Kier molecular flexibility index (Phi) is 5.05. The maximum absolute atomic E-state index is 13.2. The van der Waals surface area contributed by atoms with Crippen LogP contribution in [0.4, 0.5) is 0 Å². The van der Waals surface area contributed by atoms with Crippen LogP contribution in [-0.4, -0.2) is 15.6 Å². The molecule has 3 aromatic rings. The summed E-state index contributed by atoms with van der Waals surface area (Å²) in [7, 11) is 0. The van der Waals surface area contributed by atoms with E-state index in [1.165, 1.54) is 33.7 Å². The largest absolute Gasteiger partial charge is 0.322 e. The van der Waals surface area contributed by atoms with E-state index in [2.05, 4.69) is 10.4 Å². The molecule has 2 N–H and O–H groups in total. The summed E-state index contributed by atoms with van der Waals surface area (Å²) in [4.78, 5) is 32.3. The van der Waals surface area contributed by atoms with Crippen LogP contribution in [0.25, 0.3) is 10.2 Å². The minimum absolute atomic E-state index is 0.222. The molecule has 27 heavy (non-hydrogen) atoms. The summed E-state index contributed by atoms with van der Waals surface area (Å²) < 4.78 is 1.41. The van der Waals surface area contributed by atoms with Crippen LogP contribution in [0, 0.1) is 18.6 Å². The van der Waals surface area contributed by atoms with Gasteiger partial charge in [0, 0.05) is 15.1 Å². The molecule has 3 aromatic heterocycles. The maximum atomic E-state index is 13.2. The van der Waals surface area contributed by atoms with Crippen LogP contribution in [0.15, 0.2) is 10.2 Å². The molecule has 1 aliphatic rings. The van der Waals surface area contributed by atoms with Crippen molar-refractivity contribution >= 4 is 51.0 Å². The van der Waals surface area contributed by atoms with Crippen LogP contribution in [-0.2, 0) is 12.8 Å². The zero-order chi connectivity index (χ0) is 19.1. The molecule has 4 rings (SSSR count). The summed E-state index contributed by atoms with van der Waals surface area (Å²) >= 11 is 8.53. The SMILES string of the molecule is Cc1scc(C(=O)Nn2c(=S)[nH]c3sc4c(c3c2=O)CCCCCC4)c1C. The predicted molar refractivity (Wildman–Crippen MR) is 115 cm³/mol. The van der Waals surface area contributed by atoms with Gasteiger partial charge in [0.15, 0.2) is 0 Å². The minimum atomic E-state index is -0.309. The Balaban J connectivity index is 1.80. The first-order chi connectivity index (χ1) is 13.0. The highest BCUT2D eigenvalue weighted by molar-refractivity contribution is 7.71. The number of carbonyl (C=O) groups excluding carboxylic acids is 1. The number of hydrogen-bond donors (Lipinski definition) is 2. The lowest BCUT2D eigenvalue weighted by Crippen LogP contribution is -2.34. The topological polar surface area (TPSA) is 66.9 Å². The molecule has 5 nitrogen and oxygen atoms in total. The summed E-state index contributed by atoms with van der Waals surface area (Å²) in [5.41, 5.74) is 5.13. The van der Waals surface area contributed by atoms with Gasteiger partial charge in [-0.1, -0.05) is 12.8 Å². The van der Waals surface area contributed by atoms with E-state index in [0.717, 1.165) is 46.5 Å². The van der Waals surface area contributed by atoms with E-state index >= 15 is 0 Å². The van der Waals surface area contributed by atoms with Crippen molar-refractivity contribution in [3.05, 3.63) is 46.9 Å². The van der Waals surface area contributed by atoms with Crippen LogP contribution in [0.2, 0.25) is 0 Å². The Morgan fingerprint density at radius 3 is 2.67 bits per heavy atom. The van der Waals surface area contributed by atoms with Gasteiger partial charge in [-0.05, 0) is 62.9 Å². The normalized spacial score (nSPS) is 14.6. The summed E-state index contributed by atoms with van der Waals surface area (Å²) in [6, 6.07) is 0. The molecular weight excluding hydrogens is 398 g/mol. The highest BCUT2D eigenvalue weighted by atomic mass is 32.1. The highest BCUT2D eigenvalue weighted by Gasteiger charge is 2.20. The van der Waals surface area contributed by atoms with E-state index in [1.54, 1.807) is 11.3 Å². The molecule has 0 unspecified atom stereocenters. The number of aromatic amines is 1. The average Bonchev–Trinajstić information content (AvgIpc) is 3.11. The third-order valence-corrected chi connectivity index (χ3v) is 7.76. The zero-order valence-corrected chi connectivity index (χ0v) is 17.8. The Labute approximate surface area is 170 Å². The number of nitrogens with zero attached hydrogens (tertiary/aromatic N) is 1. The van der Waals surface area contributed by atoms with Crippen molar-refractivity contribution in [1.82, 2.24) is 9.66 Å². The number of amides is 1. The fourth-order valence-corrected chi connectivity index (χ4v) is 6.03. The molecule has 3 heterocycles. The van der Waals surface area contributed by atoms with Gasteiger partial charge >= 0.3 is 0 Å². The standard InChI is InChI=1S/C19H21N3O2S3/c1-10-11(2)26-9-13(10)16(23)21-22-18(24)15-12-7-5-3-4-6-8-14(12)27-17(15)20-19(22)25/h9H,3-8H2,1-2H3,(H,20,25)(H,21,23). The van der Waals surface area contributed by atoms with E-state index in [4.69, 9.17) is 12.2 Å². The molecule has 142 valence electrons. The molecule has 0 atom stereocenters. The number of H-pyrrole nitrogens is 1. The van der Waals surface area contributed by atoms with Gasteiger partial charge in [0.25, 0.3) is 11.5 Å². The number of aromatic nitrogens is 2. The molecule has 1 aliphatic carbocycles. The second-order valence-corrected chi connectivity index (χ2v) is 9.54. The second kappa shape index (κ2) is 7.33. The van der Waals surface area contributed by atoms with E-state index in [9.17, 15) is 9.59 Å². The van der Waals surface area contributed by atoms with Gasteiger partial charge in [0.05, 0.1) is 10.9 Å². The Bertz CT molecular complexity index is 1150. The van der Waals surface area contributed by atoms with Crippen molar-refractivity contribution in [3.63, 3.8) is 0 Å². The molecule has 0 saturated carbocycles. The molecule has 0 radical (unpaired) electrons. The van der Waals surface area contributed by atoms with Gasteiger partial charge in [-0.25, -0.2) is 0 Å². The molecular formula is C19H21N3O2S3. The zero-order valence-electron chi connectivity index (χ0n) is 15.3. The van der Waals surface area contributed by atoms with Crippen molar-refractivity contribution in [1.29, 1.82) is 0 Å². The van der Waals surface area contributed by atoms with E-state index in [0.29, 0.717) is 10.9 Å². The lowest BCUT2D eigenvalue weighted by Gasteiger charge is -2.11. The number of hydrogen-bond acceptors (Lipinski definition) is 5. The van der Waals surface area contributed by atoms with Crippen LogP contribution >= 0.6 is 34.9 Å². The smallest absolute Gasteiger partial charge is 0.282 e. The number of thiophene rings is 2. The van der Waals surface area contributed by atoms with E-state index in [1.807, 2.05) is 19.2 Å². The van der Waals surface area contributed by atoms with Gasteiger partial charge in [0.1, 0.15) is 4.83 Å². The lowest BCUT2D eigenvalue weighted by atomic mass is 9.98. The monoisotopic (exact) mass is 419 g/mol. The fraction of sp³-hybridized carbons (Fsp3) is 0.421. The Morgan fingerprint density at radius 1 is 1.22 bits per heavy atom. The molecule has 0 aromatic carbocycles. The number of nitrogens with one attached hydrogen (secondary N) is 2. The van der Waals surface area contributed by atoms with Gasteiger partial charge in [0.2, 0.25) is 4.77 Å². The molecule has 0 spiro atoms. The maximum Gasteiger partial charge on any atom is 0.282 e. The summed E-state index contributed by atoms with van der Waals surface area (Å²) in [6.07, 6.45) is 6.60. The third-order valence-electron chi connectivity index (χ3n) is 5.26. The number of rotatable bonds is 2. The summed E-state index contributed by atoms with van der Waals surface area (Å²) in [5.74, 6) is -0.309. The molecule has 0 aliphatic heterocycles. The van der Waals surface area contributed by atoms with Crippen LogP contribution in [0.5, 0.6) is 0 Å². The van der Waals surface area contributed by atoms with Gasteiger partial charge < -0.3 is 4.98 Å². The Morgan fingerprint density at radius 2 is 1.96 bits per heavy atom. The van der Waals surface area contributed by atoms with Crippen molar-refractivity contribution in [2.24, 2.45) is 0 Å². The van der Waals surface area contributed by atoms with Crippen molar-refractivity contribution < 1.29 is 4.79 Å². The number of aryl methyl sites for hydroxylation is 3. The van der Waals surface area contributed by atoms with Gasteiger partial charge in [-0.15, -0.1) is 22.7 Å². The first-order valence-corrected chi connectivity index (χ1v) is 11.2. The van der Waals surface area contributed by atoms with E-state index in [-0.39, 0.29) is 16.2 Å². The lowest BCUT2D eigenvalue weighted by molar-refractivity contribution is 0.101. The van der Waals surface area contributed by atoms with Gasteiger partial charge in [-0.2, -0.15) is 4.68 Å². The van der Waals surface area contributed by atoms with Crippen LogP contribution in [0.1, 0.15) is 56.9 Å². The van der Waals surface area contributed by atoms with E-state index < -0.39 is 0 Å². The quantitative estimate of drug-likeness (QED) is 0.584. The minimum Gasteiger partial charge on any atom is -0.322 e. The molecule has 8 heteroatoms. The summed E-state index contributed by atoms with van der Waals surface area (Å²) in [6.45, 7) is 3.89. The van der Waals surface area contributed by atoms with Crippen LogP contribution in [0.3, 0.4) is 0 Å². The average molecular weight is 420 g/mol. The van der Waals surface area contributed by atoms with Crippen LogP contribution < -0.4 is 11.0 Å². The molecule has 1 amide bonds. The number of carbonyl (C=O) groups is 1. The molecule has 0 saturated heterocycles.